The summed E-state index contributed by atoms with van der Waals surface area (Å²) in [6, 6.07) is 8.33. The van der Waals surface area contributed by atoms with Crippen molar-refractivity contribution in [2.75, 3.05) is 0 Å². The van der Waals surface area contributed by atoms with E-state index >= 15 is 0 Å². The molecule has 4 aliphatic carbocycles. The van der Waals surface area contributed by atoms with Crippen LogP contribution in [0.4, 0.5) is 0 Å². The lowest BCUT2D eigenvalue weighted by Crippen LogP contribution is -2.55. The topological polar surface area (TPSA) is 49.3 Å². The van der Waals surface area contributed by atoms with E-state index in [2.05, 4.69) is 12.1 Å². The van der Waals surface area contributed by atoms with Crippen LogP contribution < -0.4 is 5.48 Å². The van der Waals surface area contributed by atoms with Gasteiger partial charge in [0.05, 0.1) is 0 Å². The molecule has 4 bridgehead atoms. The van der Waals surface area contributed by atoms with Gasteiger partial charge in [0.15, 0.2) is 0 Å². The second kappa shape index (κ2) is 4.97. The molecule has 4 aliphatic rings. The number of carbonyl (C=O) groups excluding carboxylic acids is 1. The second-order valence-corrected chi connectivity index (χ2v) is 8.40. The van der Waals surface area contributed by atoms with Gasteiger partial charge in [-0.1, -0.05) is 23.7 Å². The van der Waals surface area contributed by atoms with Gasteiger partial charge in [0.25, 0.3) is 0 Å². The van der Waals surface area contributed by atoms with Crippen molar-refractivity contribution in [2.45, 2.75) is 50.4 Å². The van der Waals surface area contributed by atoms with E-state index in [4.69, 9.17) is 16.8 Å². The van der Waals surface area contributed by atoms with Crippen molar-refractivity contribution in [3.8, 4) is 0 Å². The molecule has 0 heterocycles. The fourth-order valence-corrected chi connectivity index (χ4v) is 6.31. The van der Waals surface area contributed by atoms with E-state index in [1.807, 2.05) is 17.6 Å². The van der Waals surface area contributed by atoms with Crippen LogP contribution in [-0.4, -0.2) is 11.1 Å². The van der Waals surface area contributed by atoms with Crippen LogP contribution in [0.5, 0.6) is 0 Å². The summed E-state index contributed by atoms with van der Waals surface area (Å²) in [6.07, 6.45) is 7.63. The summed E-state index contributed by atoms with van der Waals surface area (Å²) in [5, 5.41) is 9.71. The van der Waals surface area contributed by atoms with Crippen molar-refractivity contribution in [3.05, 3.63) is 34.9 Å². The summed E-state index contributed by atoms with van der Waals surface area (Å²) in [6.45, 7) is 0. The van der Waals surface area contributed by atoms with Gasteiger partial charge in [-0.05, 0) is 78.9 Å². The maximum absolute atomic E-state index is 11.8. The van der Waals surface area contributed by atoms with Crippen molar-refractivity contribution in [3.63, 3.8) is 0 Å². The Kier molecular flexibility index (Phi) is 3.28. The van der Waals surface area contributed by atoms with Crippen LogP contribution in [0.3, 0.4) is 0 Å². The zero-order valence-corrected chi connectivity index (χ0v) is 13.4. The number of hydrogen-bond acceptors (Lipinski definition) is 2. The molecule has 1 aromatic rings. The molecule has 2 atom stereocenters. The Morgan fingerprint density at radius 1 is 1.18 bits per heavy atom. The van der Waals surface area contributed by atoms with E-state index in [1.165, 1.54) is 24.8 Å². The lowest BCUT2D eigenvalue weighted by Gasteiger charge is -2.62. The minimum absolute atomic E-state index is 0.0799. The Morgan fingerprint density at radius 3 is 2.41 bits per heavy atom. The molecule has 4 heteroatoms. The molecule has 1 amide bonds. The third-order valence-electron chi connectivity index (χ3n) is 6.30. The quantitative estimate of drug-likeness (QED) is 0.651. The van der Waals surface area contributed by atoms with Crippen molar-refractivity contribution in [2.24, 2.45) is 17.3 Å². The third-order valence-corrected chi connectivity index (χ3v) is 6.55. The summed E-state index contributed by atoms with van der Waals surface area (Å²) in [7, 11) is 0. The summed E-state index contributed by atoms with van der Waals surface area (Å²) in [5.41, 5.74) is 3.52. The van der Waals surface area contributed by atoms with Crippen molar-refractivity contribution in [1.82, 2.24) is 5.48 Å². The molecule has 0 saturated heterocycles. The highest BCUT2D eigenvalue weighted by Gasteiger charge is 2.58. The van der Waals surface area contributed by atoms with Gasteiger partial charge >= 0.3 is 0 Å². The van der Waals surface area contributed by atoms with E-state index in [-0.39, 0.29) is 16.7 Å². The Balaban J connectivity index is 1.69. The molecule has 2 N–H and O–H groups in total. The van der Waals surface area contributed by atoms with Crippen LogP contribution in [0.2, 0.25) is 5.02 Å². The number of halogens is 1. The molecule has 5 rings (SSSR count). The standard InChI is InChI=1S/C18H22ClNO2/c19-15-3-1-14(2-4-15)18-8-12-5-13(9-18)7-17(6-12,11-18)10-16(21)20-22/h1-4,12-13,22H,5-11H2,(H,20,21). The molecule has 118 valence electrons. The molecule has 0 radical (unpaired) electrons. The first-order valence-electron chi connectivity index (χ1n) is 8.22. The van der Waals surface area contributed by atoms with Gasteiger partial charge in [-0.2, -0.15) is 0 Å². The highest BCUT2D eigenvalue weighted by atomic mass is 35.5. The number of nitrogens with one attached hydrogen (secondary N) is 1. The first kappa shape index (κ1) is 14.5. The maximum Gasteiger partial charge on any atom is 0.243 e. The Bertz CT molecular complexity index is 584. The molecule has 3 nitrogen and oxygen atoms in total. The molecule has 4 fully saturated rings. The zero-order chi connectivity index (χ0) is 15.4. The molecule has 0 aliphatic heterocycles. The first-order chi connectivity index (χ1) is 10.5. The Morgan fingerprint density at radius 2 is 1.82 bits per heavy atom. The van der Waals surface area contributed by atoms with E-state index in [1.54, 1.807) is 0 Å². The highest BCUT2D eigenvalue weighted by molar-refractivity contribution is 6.30. The number of hydrogen-bond donors (Lipinski definition) is 2. The van der Waals surface area contributed by atoms with Crippen LogP contribution >= 0.6 is 11.6 Å². The van der Waals surface area contributed by atoms with Crippen LogP contribution in [-0.2, 0) is 10.2 Å². The largest absolute Gasteiger partial charge is 0.289 e. The van der Waals surface area contributed by atoms with Gasteiger partial charge in [-0.15, -0.1) is 0 Å². The second-order valence-electron chi connectivity index (χ2n) is 7.96. The van der Waals surface area contributed by atoms with E-state index in [0.717, 1.165) is 36.1 Å². The van der Waals surface area contributed by atoms with Crippen LogP contribution in [0.15, 0.2) is 24.3 Å². The van der Waals surface area contributed by atoms with Gasteiger partial charge in [0.1, 0.15) is 0 Å². The zero-order valence-electron chi connectivity index (χ0n) is 12.6. The minimum atomic E-state index is -0.229. The third kappa shape index (κ3) is 2.26. The molecular formula is C18H22ClNO2. The lowest BCUT2D eigenvalue weighted by atomic mass is 9.42. The maximum atomic E-state index is 11.8. The summed E-state index contributed by atoms with van der Waals surface area (Å²) < 4.78 is 0. The predicted octanol–water partition coefficient (Wildman–Crippen LogP) is 4.07. The molecule has 4 saturated carbocycles. The monoisotopic (exact) mass is 319 g/mol. The fraction of sp³-hybridized carbons (Fsp3) is 0.611. The minimum Gasteiger partial charge on any atom is -0.289 e. The molecule has 0 spiro atoms. The molecule has 0 aromatic heterocycles. The molecular weight excluding hydrogens is 298 g/mol. The van der Waals surface area contributed by atoms with Gasteiger partial charge < -0.3 is 0 Å². The van der Waals surface area contributed by atoms with Crippen molar-refractivity contribution >= 4 is 17.5 Å². The Labute approximate surface area is 136 Å². The van der Waals surface area contributed by atoms with E-state index in [0.29, 0.717) is 6.42 Å². The van der Waals surface area contributed by atoms with Crippen LogP contribution in [0.1, 0.15) is 50.5 Å². The Hall–Kier alpha value is -1.06. The first-order valence-corrected chi connectivity index (χ1v) is 8.59. The predicted molar refractivity (Wildman–Crippen MR) is 84.8 cm³/mol. The van der Waals surface area contributed by atoms with Crippen molar-refractivity contribution < 1.29 is 10.0 Å². The van der Waals surface area contributed by atoms with Crippen LogP contribution in [0.25, 0.3) is 0 Å². The molecule has 22 heavy (non-hydrogen) atoms. The van der Waals surface area contributed by atoms with Crippen molar-refractivity contribution in [1.29, 1.82) is 0 Å². The van der Waals surface area contributed by atoms with E-state index < -0.39 is 0 Å². The normalized spacial score (nSPS) is 39.0. The SMILES string of the molecule is O=C(CC12CC3CC(C1)CC(c1ccc(Cl)cc1)(C3)C2)NO. The summed E-state index contributed by atoms with van der Waals surface area (Å²) in [4.78, 5) is 11.8. The molecule has 1 aromatic carbocycles. The number of rotatable bonds is 3. The average Bonchev–Trinajstić information content (AvgIpc) is 2.45. The van der Waals surface area contributed by atoms with Crippen LogP contribution in [0, 0.1) is 17.3 Å². The number of benzene rings is 1. The van der Waals surface area contributed by atoms with Gasteiger partial charge in [-0.3, -0.25) is 10.0 Å². The molecule has 2 unspecified atom stereocenters. The lowest BCUT2D eigenvalue weighted by molar-refractivity contribution is -0.139. The van der Waals surface area contributed by atoms with E-state index in [9.17, 15) is 4.79 Å². The smallest absolute Gasteiger partial charge is 0.243 e. The number of amides is 1. The van der Waals surface area contributed by atoms with Gasteiger partial charge in [-0.25, -0.2) is 5.48 Å². The van der Waals surface area contributed by atoms with Gasteiger partial charge in [0, 0.05) is 11.4 Å². The number of carbonyl (C=O) groups is 1. The fourth-order valence-electron chi connectivity index (χ4n) is 6.18. The summed E-state index contributed by atoms with van der Waals surface area (Å²) >= 11 is 6.05. The highest BCUT2D eigenvalue weighted by Crippen LogP contribution is 2.66. The summed E-state index contributed by atoms with van der Waals surface area (Å²) in [5.74, 6) is 1.22. The average molecular weight is 320 g/mol. The van der Waals surface area contributed by atoms with Gasteiger partial charge in [0.2, 0.25) is 5.91 Å². The number of hydroxylamine groups is 1.